The van der Waals surface area contributed by atoms with Gasteiger partial charge in [-0.05, 0) is 51.0 Å². The van der Waals surface area contributed by atoms with Crippen LogP contribution < -0.4 is 5.32 Å². The van der Waals surface area contributed by atoms with Crippen molar-refractivity contribution in [3.8, 4) is 0 Å². The summed E-state index contributed by atoms with van der Waals surface area (Å²) < 4.78 is 0. The predicted molar refractivity (Wildman–Crippen MR) is 74.4 cm³/mol. The van der Waals surface area contributed by atoms with Crippen molar-refractivity contribution in [1.82, 2.24) is 10.2 Å². The fourth-order valence-electron chi connectivity index (χ4n) is 3.43. The highest BCUT2D eigenvalue weighted by Gasteiger charge is 2.30. The highest BCUT2D eigenvalue weighted by Crippen LogP contribution is 2.29. The maximum atomic E-state index is 12.4. The molecule has 2 rings (SSSR count). The highest BCUT2D eigenvalue weighted by atomic mass is 16.2. The number of hydrogen-bond donors (Lipinski definition) is 1. The van der Waals surface area contributed by atoms with Crippen LogP contribution in [0.4, 0.5) is 0 Å². The number of piperidine rings is 1. The van der Waals surface area contributed by atoms with Crippen LogP contribution >= 0.6 is 0 Å². The normalized spacial score (nSPS) is 33.1. The lowest BCUT2D eigenvalue weighted by Crippen LogP contribution is -2.51. The van der Waals surface area contributed by atoms with E-state index in [1.54, 1.807) is 0 Å². The smallest absolute Gasteiger partial charge is 0.239 e. The molecule has 0 aromatic heterocycles. The van der Waals surface area contributed by atoms with Gasteiger partial charge in [0.2, 0.25) is 5.91 Å². The summed E-state index contributed by atoms with van der Waals surface area (Å²) in [7, 11) is 2.01. The Labute approximate surface area is 111 Å². The molecule has 1 N–H and O–H groups in total. The monoisotopic (exact) mass is 252 g/mol. The number of likely N-dealkylation sites (N-methyl/N-ethyl adjacent to an activating group) is 1. The molecule has 1 heterocycles. The summed E-state index contributed by atoms with van der Waals surface area (Å²) in [5.74, 6) is 1.23. The molecular formula is C15H28N2O. The second kappa shape index (κ2) is 6.55. The number of carbonyl (C=O) groups excluding carboxylic acids is 1. The van der Waals surface area contributed by atoms with Gasteiger partial charge < -0.3 is 10.2 Å². The molecule has 1 aliphatic heterocycles. The summed E-state index contributed by atoms with van der Waals surface area (Å²) in [5.41, 5.74) is 0. The van der Waals surface area contributed by atoms with E-state index in [4.69, 9.17) is 0 Å². The largest absolute Gasteiger partial charge is 0.341 e. The number of amides is 1. The van der Waals surface area contributed by atoms with Crippen LogP contribution in [-0.4, -0.2) is 36.5 Å². The van der Waals surface area contributed by atoms with Gasteiger partial charge in [0.15, 0.2) is 0 Å². The van der Waals surface area contributed by atoms with E-state index in [-0.39, 0.29) is 6.04 Å². The van der Waals surface area contributed by atoms with Crippen LogP contribution in [0.2, 0.25) is 0 Å². The summed E-state index contributed by atoms with van der Waals surface area (Å²) in [6.07, 6.45) is 9.74. The third-order valence-electron chi connectivity index (χ3n) is 4.90. The molecule has 0 aromatic rings. The Morgan fingerprint density at radius 2 is 1.89 bits per heavy atom. The second-order valence-electron chi connectivity index (χ2n) is 6.03. The zero-order valence-corrected chi connectivity index (χ0v) is 12.0. The van der Waals surface area contributed by atoms with Crippen LogP contribution in [0.1, 0.15) is 58.3 Å². The second-order valence-corrected chi connectivity index (χ2v) is 6.03. The van der Waals surface area contributed by atoms with Crippen LogP contribution in [0.3, 0.4) is 0 Å². The molecular weight excluding hydrogens is 224 g/mol. The standard InChI is InChI=1S/C15H28N2O/c1-3-12-7-9-13(10-8-12)17(2)15(18)14-6-4-5-11-16-14/h12-14,16H,3-11H2,1-2H3/t12?,13?,14-/m0/s1. The average molecular weight is 252 g/mol. The highest BCUT2D eigenvalue weighted by molar-refractivity contribution is 5.82. The first kappa shape index (κ1) is 13.9. The average Bonchev–Trinajstić information content (AvgIpc) is 2.47. The first-order chi connectivity index (χ1) is 8.72. The van der Waals surface area contributed by atoms with Crippen molar-refractivity contribution >= 4 is 5.91 Å². The van der Waals surface area contributed by atoms with Gasteiger partial charge in [-0.2, -0.15) is 0 Å². The van der Waals surface area contributed by atoms with Crippen molar-refractivity contribution in [3.63, 3.8) is 0 Å². The van der Waals surface area contributed by atoms with E-state index in [1.807, 2.05) is 11.9 Å². The predicted octanol–water partition coefficient (Wildman–Crippen LogP) is 2.56. The molecule has 1 saturated carbocycles. The Hall–Kier alpha value is -0.570. The first-order valence-electron chi connectivity index (χ1n) is 7.72. The van der Waals surface area contributed by atoms with E-state index in [0.717, 1.165) is 18.9 Å². The van der Waals surface area contributed by atoms with Crippen molar-refractivity contribution in [2.24, 2.45) is 5.92 Å². The van der Waals surface area contributed by atoms with E-state index in [2.05, 4.69) is 12.2 Å². The summed E-state index contributed by atoms with van der Waals surface area (Å²) >= 11 is 0. The van der Waals surface area contributed by atoms with E-state index < -0.39 is 0 Å². The molecule has 1 atom stereocenters. The molecule has 104 valence electrons. The van der Waals surface area contributed by atoms with Gasteiger partial charge >= 0.3 is 0 Å². The van der Waals surface area contributed by atoms with E-state index >= 15 is 0 Å². The van der Waals surface area contributed by atoms with Gasteiger partial charge in [0.25, 0.3) is 0 Å². The summed E-state index contributed by atoms with van der Waals surface area (Å²) in [6, 6.07) is 0.580. The minimum absolute atomic E-state index is 0.0904. The Bertz CT molecular complexity index is 266. The third kappa shape index (κ3) is 3.25. The van der Waals surface area contributed by atoms with Crippen molar-refractivity contribution in [2.75, 3.05) is 13.6 Å². The molecule has 0 bridgehead atoms. The van der Waals surface area contributed by atoms with Crippen molar-refractivity contribution in [1.29, 1.82) is 0 Å². The van der Waals surface area contributed by atoms with Gasteiger partial charge in [0.05, 0.1) is 6.04 Å². The Kier molecular flexibility index (Phi) is 5.04. The number of nitrogens with zero attached hydrogens (tertiary/aromatic N) is 1. The maximum Gasteiger partial charge on any atom is 0.239 e. The summed E-state index contributed by atoms with van der Waals surface area (Å²) in [4.78, 5) is 14.4. The molecule has 0 spiro atoms. The van der Waals surface area contributed by atoms with Crippen molar-refractivity contribution in [2.45, 2.75) is 70.4 Å². The fraction of sp³-hybridized carbons (Fsp3) is 0.933. The number of nitrogens with one attached hydrogen (secondary N) is 1. The molecule has 3 heteroatoms. The molecule has 1 aliphatic carbocycles. The van der Waals surface area contributed by atoms with Gasteiger partial charge in [0, 0.05) is 13.1 Å². The molecule has 18 heavy (non-hydrogen) atoms. The maximum absolute atomic E-state index is 12.4. The van der Waals surface area contributed by atoms with E-state index in [1.165, 1.54) is 44.9 Å². The number of carbonyl (C=O) groups is 1. The molecule has 2 aliphatic rings. The van der Waals surface area contributed by atoms with E-state index in [0.29, 0.717) is 11.9 Å². The van der Waals surface area contributed by atoms with Gasteiger partial charge in [-0.15, -0.1) is 0 Å². The lowest BCUT2D eigenvalue weighted by Gasteiger charge is -2.37. The first-order valence-corrected chi connectivity index (χ1v) is 7.72. The molecule has 0 unspecified atom stereocenters. The third-order valence-corrected chi connectivity index (χ3v) is 4.90. The minimum atomic E-state index is 0.0904. The lowest BCUT2D eigenvalue weighted by atomic mass is 9.84. The molecule has 1 amide bonds. The molecule has 0 aromatic carbocycles. The Morgan fingerprint density at radius 3 is 2.44 bits per heavy atom. The minimum Gasteiger partial charge on any atom is -0.341 e. The topological polar surface area (TPSA) is 32.3 Å². The van der Waals surface area contributed by atoms with Gasteiger partial charge in [0.1, 0.15) is 0 Å². The SMILES string of the molecule is CCC1CCC(N(C)C(=O)[C@@H]2CCCCN2)CC1. The molecule has 2 fully saturated rings. The summed E-state index contributed by atoms with van der Waals surface area (Å²) in [6.45, 7) is 3.29. The van der Waals surface area contributed by atoms with Crippen LogP contribution in [0, 0.1) is 5.92 Å². The summed E-state index contributed by atoms with van der Waals surface area (Å²) in [5, 5.41) is 3.37. The van der Waals surface area contributed by atoms with Crippen LogP contribution in [0.25, 0.3) is 0 Å². The number of rotatable bonds is 3. The van der Waals surface area contributed by atoms with Crippen molar-refractivity contribution < 1.29 is 4.79 Å². The zero-order chi connectivity index (χ0) is 13.0. The molecule has 1 saturated heterocycles. The fourth-order valence-corrected chi connectivity index (χ4v) is 3.43. The van der Waals surface area contributed by atoms with Crippen LogP contribution in [0.5, 0.6) is 0 Å². The van der Waals surface area contributed by atoms with E-state index in [9.17, 15) is 4.79 Å². The molecule has 0 radical (unpaired) electrons. The van der Waals surface area contributed by atoms with Gasteiger partial charge in [-0.25, -0.2) is 0 Å². The van der Waals surface area contributed by atoms with Crippen LogP contribution in [-0.2, 0) is 4.79 Å². The van der Waals surface area contributed by atoms with Gasteiger partial charge in [-0.3, -0.25) is 4.79 Å². The van der Waals surface area contributed by atoms with Gasteiger partial charge in [-0.1, -0.05) is 19.8 Å². The Balaban J connectivity index is 1.83. The van der Waals surface area contributed by atoms with Crippen LogP contribution in [0.15, 0.2) is 0 Å². The Morgan fingerprint density at radius 1 is 1.17 bits per heavy atom. The lowest BCUT2D eigenvalue weighted by molar-refractivity contribution is -0.135. The quantitative estimate of drug-likeness (QED) is 0.837. The number of hydrogen-bond acceptors (Lipinski definition) is 2. The molecule has 3 nitrogen and oxygen atoms in total. The zero-order valence-electron chi connectivity index (χ0n) is 12.0. The van der Waals surface area contributed by atoms with Crippen molar-refractivity contribution in [3.05, 3.63) is 0 Å².